The molecule has 0 saturated heterocycles. The van der Waals surface area contributed by atoms with E-state index in [1.807, 2.05) is 20.8 Å². The summed E-state index contributed by atoms with van der Waals surface area (Å²) in [5.74, 6) is -0.284. The predicted octanol–water partition coefficient (Wildman–Crippen LogP) is 3.91. The lowest BCUT2D eigenvalue weighted by Crippen LogP contribution is -2.38. The molecule has 2 N–H and O–H groups in total. The standard InChI is InChI=1S/C15H21F3N2O/c1-5-12(9(2)3)20-14(21)11-8-10(15(16,17)18)6-7-13(11)19-4/h6-9,12,19H,5H2,1-4H3,(H,20,21). The fourth-order valence-electron chi connectivity index (χ4n) is 2.11. The van der Waals surface area contributed by atoms with Crippen LogP contribution in [0.4, 0.5) is 18.9 Å². The van der Waals surface area contributed by atoms with Gasteiger partial charge in [-0.05, 0) is 30.5 Å². The number of carbonyl (C=O) groups is 1. The van der Waals surface area contributed by atoms with Crippen molar-refractivity contribution in [1.82, 2.24) is 5.32 Å². The number of nitrogens with one attached hydrogen (secondary N) is 2. The largest absolute Gasteiger partial charge is 0.416 e. The zero-order valence-electron chi connectivity index (χ0n) is 12.6. The Labute approximate surface area is 122 Å². The number of hydrogen-bond donors (Lipinski definition) is 2. The van der Waals surface area contributed by atoms with Gasteiger partial charge in [0.05, 0.1) is 11.1 Å². The minimum atomic E-state index is -4.47. The van der Waals surface area contributed by atoms with Gasteiger partial charge >= 0.3 is 6.18 Å². The summed E-state index contributed by atoms with van der Waals surface area (Å²) in [6.45, 7) is 5.84. The van der Waals surface area contributed by atoms with Crippen LogP contribution in [-0.2, 0) is 6.18 Å². The van der Waals surface area contributed by atoms with Crippen molar-refractivity contribution in [3.63, 3.8) is 0 Å². The summed E-state index contributed by atoms with van der Waals surface area (Å²) >= 11 is 0. The number of rotatable bonds is 5. The Kier molecular flexibility index (Phi) is 5.63. The Balaban J connectivity index is 3.12. The second-order valence-corrected chi connectivity index (χ2v) is 5.24. The number of alkyl halides is 3. The summed E-state index contributed by atoms with van der Waals surface area (Å²) in [4.78, 5) is 12.3. The Bertz CT molecular complexity index is 498. The molecular formula is C15H21F3N2O. The fourth-order valence-corrected chi connectivity index (χ4v) is 2.11. The average molecular weight is 302 g/mol. The molecule has 1 amide bonds. The van der Waals surface area contributed by atoms with Crippen molar-refractivity contribution in [2.75, 3.05) is 12.4 Å². The van der Waals surface area contributed by atoms with E-state index >= 15 is 0 Å². The van der Waals surface area contributed by atoms with Crippen LogP contribution >= 0.6 is 0 Å². The molecule has 0 aromatic heterocycles. The van der Waals surface area contributed by atoms with E-state index in [1.54, 1.807) is 7.05 Å². The molecule has 21 heavy (non-hydrogen) atoms. The summed E-state index contributed by atoms with van der Waals surface area (Å²) in [6.07, 6.45) is -3.75. The van der Waals surface area contributed by atoms with Gasteiger partial charge in [-0.3, -0.25) is 4.79 Å². The van der Waals surface area contributed by atoms with Gasteiger partial charge in [-0.25, -0.2) is 0 Å². The van der Waals surface area contributed by atoms with Crippen molar-refractivity contribution in [3.05, 3.63) is 29.3 Å². The second kappa shape index (κ2) is 6.83. The first-order valence-electron chi connectivity index (χ1n) is 6.90. The highest BCUT2D eigenvalue weighted by Crippen LogP contribution is 2.31. The molecule has 0 saturated carbocycles. The molecule has 1 unspecified atom stereocenters. The molecule has 118 valence electrons. The molecule has 0 bridgehead atoms. The summed E-state index contributed by atoms with van der Waals surface area (Å²) in [6, 6.07) is 3.04. The van der Waals surface area contributed by atoms with Gasteiger partial charge in [0.2, 0.25) is 0 Å². The maximum atomic E-state index is 12.8. The van der Waals surface area contributed by atoms with Crippen molar-refractivity contribution in [1.29, 1.82) is 0 Å². The second-order valence-electron chi connectivity index (χ2n) is 5.24. The number of benzene rings is 1. The topological polar surface area (TPSA) is 41.1 Å². The van der Waals surface area contributed by atoms with Crippen LogP contribution in [-0.4, -0.2) is 19.0 Å². The molecule has 1 aromatic rings. The Morgan fingerprint density at radius 2 is 1.90 bits per heavy atom. The SMILES string of the molecule is CCC(NC(=O)c1cc(C(F)(F)F)ccc1NC)C(C)C. The molecule has 0 aliphatic rings. The summed E-state index contributed by atoms with van der Waals surface area (Å²) in [5.41, 5.74) is -0.449. The third-order valence-electron chi connectivity index (χ3n) is 3.42. The molecule has 0 aliphatic heterocycles. The lowest BCUT2D eigenvalue weighted by molar-refractivity contribution is -0.137. The van der Waals surface area contributed by atoms with Crippen molar-refractivity contribution < 1.29 is 18.0 Å². The van der Waals surface area contributed by atoms with Crippen LogP contribution in [0.3, 0.4) is 0 Å². The van der Waals surface area contributed by atoms with Crippen molar-refractivity contribution >= 4 is 11.6 Å². The maximum Gasteiger partial charge on any atom is 0.416 e. The van der Waals surface area contributed by atoms with Gasteiger partial charge in [-0.2, -0.15) is 13.2 Å². The van der Waals surface area contributed by atoms with E-state index in [4.69, 9.17) is 0 Å². The average Bonchev–Trinajstić information content (AvgIpc) is 2.42. The Morgan fingerprint density at radius 3 is 2.33 bits per heavy atom. The number of amides is 1. The van der Waals surface area contributed by atoms with Gasteiger partial charge < -0.3 is 10.6 Å². The minimum absolute atomic E-state index is 0.00595. The van der Waals surface area contributed by atoms with Crippen LogP contribution in [0.1, 0.15) is 43.1 Å². The van der Waals surface area contributed by atoms with E-state index < -0.39 is 17.6 Å². The van der Waals surface area contributed by atoms with Crippen LogP contribution in [0.25, 0.3) is 0 Å². The smallest absolute Gasteiger partial charge is 0.387 e. The Morgan fingerprint density at radius 1 is 1.29 bits per heavy atom. The molecular weight excluding hydrogens is 281 g/mol. The third-order valence-corrected chi connectivity index (χ3v) is 3.42. The van der Waals surface area contributed by atoms with Gasteiger partial charge in [-0.15, -0.1) is 0 Å². The molecule has 1 rings (SSSR count). The highest BCUT2D eigenvalue weighted by molar-refractivity contribution is 6.00. The van der Waals surface area contributed by atoms with Crippen LogP contribution in [0.5, 0.6) is 0 Å². The van der Waals surface area contributed by atoms with Gasteiger partial charge in [-0.1, -0.05) is 20.8 Å². The Hall–Kier alpha value is -1.72. The fraction of sp³-hybridized carbons (Fsp3) is 0.533. The van der Waals surface area contributed by atoms with E-state index in [1.165, 1.54) is 6.07 Å². The number of carbonyl (C=O) groups excluding carboxylic acids is 1. The molecule has 0 fully saturated rings. The van der Waals surface area contributed by atoms with E-state index in [9.17, 15) is 18.0 Å². The highest BCUT2D eigenvalue weighted by atomic mass is 19.4. The quantitative estimate of drug-likeness (QED) is 0.866. The normalized spacial score (nSPS) is 13.1. The van der Waals surface area contributed by atoms with Crippen molar-refractivity contribution in [2.24, 2.45) is 5.92 Å². The van der Waals surface area contributed by atoms with E-state index in [0.717, 1.165) is 18.6 Å². The van der Waals surface area contributed by atoms with Crippen molar-refractivity contribution in [3.8, 4) is 0 Å². The molecule has 1 atom stereocenters. The van der Waals surface area contributed by atoms with Crippen LogP contribution in [0.15, 0.2) is 18.2 Å². The van der Waals surface area contributed by atoms with Gasteiger partial charge in [0.25, 0.3) is 5.91 Å². The first-order chi connectivity index (χ1) is 9.70. The van der Waals surface area contributed by atoms with Crippen LogP contribution in [0, 0.1) is 5.92 Å². The van der Waals surface area contributed by atoms with Crippen molar-refractivity contribution in [2.45, 2.75) is 39.4 Å². The van der Waals surface area contributed by atoms with Crippen LogP contribution in [0.2, 0.25) is 0 Å². The molecule has 0 spiro atoms. The molecule has 1 aromatic carbocycles. The van der Waals surface area contributed by atoms with Crippen LogP contribution < -0.4 is 10.6 Å². The monoisotopic (exact) mass is 302 g/mol. The van der Waals surface area contributed by atoms with Gasteiger partial charge in [0.1, 0.15) is 0 Å². The summed E-state index contributed by atoms with van der Waals surface area (Å²) < 4.78 is 38.3. The first kappa shape index (κ1) is 17.3. The molecule has 0 radical (unpaired) electrons. The van der Waals surface area contributed by atoms with Gasteiger partial charge in [0.15, 0.2) is 0 Å². The zero-order valence-corrected chi connectivity index (χ0v) is 12.6. The lowest BCUT2D eigenvalue weighted by atomic mass is 10.0. The number of anilines is 1. The van der Waals surface area contributed by atoms with E-state index in [-0.39, 0.29) is 17.5 Å². The summed E-state index contributed by atoms with van der Waals surface area (Å²) in [7, 11) is 1.57. The molecule has 3 nitrogen and oxygen atoms in total. The third kappa shape index (κ3) is 4.37. The van der Waals surface area contributed by atoms with Gasteiger partial charge in [0, 0.05) is 18.8 Å². The zero-order chi connectivity index (χ0) is 16.2. The van der Waals surface area contributed by atoms with E-state index in [2.05, 4.69) is 10.6 Å². The molecule has 0 aliphatic carbocycles. The molecule has 0 heterocycles. The van der Waals surface area contributed by atoms with E-state index in [0.29, 0.717) is 5.69 Å². The predicted molar refractivity (Wildman–Crippen MR) is 77.4 cm³/mol. The molecule has 6 heteroatoms. The minimum Gasteiger partial charge on any atom is -0.387 e. The summed E-state index contributed by atoms with van der Waals surface area (Å²) in [5, 5.41) is 5.54. The first-order valence-corrected chi connectivity index (χ1v) is 6.90. The highest BCUT2D eigenvalue weighted by Gasteiger charge is 2.32. The number of halogens is 3. The maximum absolute atomic E-state index is 12.8. The lowest BCUT2D eigenvalue weighted by Gasteiger charge is -2.22. The number of hydrogen-bond acceptors (Lipinski definition) is 2.